The third-order valence-electron chi connectivity index (χ3n) is 4.61. The van der Waals surface area contributed by atoms with E-state index in [9.17, 15) is 4.79 Å². The molecule has 0 fully saturated rings. The first-order valence-corrected chi connectivity index (χ1v) is 8.17. The number of hydrogen-bond acceptors (Lipinski definition) is 2. The molecule has 0 spiro atoms. The van der Waals surface area contributed by atoms with Crippen molar-refractivity contribution in [2.24, 2.45) is 0 Å². The maximum Gasteiger partial charge on any atom is 0.228 e. The number of aromatic nitrogens is 1. The number of aryl methyl sites for hydroxylation is 4. The summed E-state index contributed by atoms with van der Waals surface area (Å²) in [6, 6.07) is 14.0. The van der Waals surface area contributed by atoms with Gasteiger partial charge in [-0.2, -0.15) is 0 Å². The summed E-state index contributed by atoms with van der Waals surface area (Å²) in [6.07, 6.45) is 0.336. The number of rotatable bonds is 3. The van der Waals surface area contributed by atoms with E-state index in [0.29, 0.717) is 6.42 Å². The molecular formula is C21H22N2O. The molecule has 0 aliphatic rings. The molecule has 0 aliphatic heterocycles. The number of hydrogen-bond donors (Lipinski definition) is 1. The van der Waals surface area contributed by atoms with Gasteiger partial charge in [-0.1, -0.05) is 24.3 Å². The van der Waals surface area contributed by atoms with Crippen LogP contribution in [0.15, 0.2) is 42.5 Å². The van der Waals surface area contributed by atoms with E-state index in [-0.39, 0.29) is 5.91 Å². The summed E-state index contributed by atoms with van der Waals surface area (Å²) in [5, 5.41) is 4.10. The Balaban J connectivity index is 1.86. The van der Waals surface area contributed by atoms with Crippen molar-refractivity contribution in [1.29, 1.82) is 0 Å². The second-order valence-corrected chi connectivity index (χ2v) is 6.34. The average molecular weight is 318 g/mol. The number of nitrogens with one attached hydrogen (secondary N) is 1. The summed E-state index contributed by atoms with van der Waals surface area (Å²) >= 11 is 0. The van der Waals surface area contributed by atoms with Gasteiger partial charge in [-0.15, -0.1) is 0 Å². The number of amides is 1. The average Bonchev–Trinajstić information content (AvgIpc) is 2.55. The molecule has 1 N–H and O–H groups in total. The standard InChI is InChI=1S/C21H22N2O/c1-13-9-10-17(11-14(13)2)23-21(24)12-19-15(3)18-7-5-6-8-20(18)22-16(19)4/h5-11H,12H2,1-4H3,(H,23,24). The molecule has 24 heavy (non-hydrogen) atoms. The number of carbonyl (C=O) groups excluding carboxylic acids is 1. The predicted molar refractivity (Wildman–Crippen MR) is 99.5 cm³/mol. The van der Waals surface area contributed by atoms with E-state index in [0.717, 1.165) is 33.4 Å². The maximum atomic E-state index is 12.5. The van der Waals surface area contributed by atoms with Gasteiger partial charge in [0.25, 0.3) is 0 Å². The van der Waals surface area contributed by atoms with Crippen molar-refractivity contribution in [3.63, 3.8) is 0 Å². The molecule has 0 saturated carbocycles. The van der Waals surface area contributed by atoms with Crippen LogP contribution in [0.2, 0.25) is 0 Å². The first-order chi connectivity index (χ1) is 11.5. The van der Waals surface area contributed by atoms with Crippen molar-refractivity contribution in [2.75, 3.05) is 5.32 Å². The summed E-state index contributed by atoms with van der Waals surface area (Å²) in [5.74, 6) is -0.0125. The van der Waals surface area contributed by atoms with Gasteiger partial charge in [0.2, 0.25) is 5.91 Å². The maximum absolute atomic E-state index is 12.5. The van der Waals surface area contributed by atoms with E-state index in [1.165, 1.54) is 11.1 Å². The fraction of sp³-hybridized carbons (Fsp3) is 0.238. The molecule has 3 aromatic rings. The molecule has 0 unspecified atom stereocenters. The molecule has 0 bridgehead atoms. The SMILES string of the molecule is Cc1ccc(NC(=O)Cc2c(C)nc3ccccc3c2C)cc1C. The van der Waals surface area contributed by atoms with Crippen LogP contribution in [0, 0.1) is 27.7 Å². The molecule has 0 aliphatic carbocycles. The van der Waals surface area contributed by atoms with E-state index in [1.54, 1.807) is 0 Å². The quantitative estimate of drug-likeness (QED) is 0.764. The van der Waals surface area contributed by atoms with Gasteiger partial charge in [0.1, 0.15) is 0 Å². The highest BCUT2D eigenvalue weighted by molar-refractivity contribution is 5.94. The first kappa shape index (κ1) is 16.2. The van der Waals surface area contributed by atoms with Gasteiger partial charge in [0.05, 0.1) is 11.9 Å². The molecule has 0 radical (unpaired) electrons. The van der Waals surface area contributed by atoms with Crippen molar-refractivity contribution in [3.8, 4) is 0 Å². The molecule has 3 heteroatoms. The Hall–Kier alpha value is -2.68. The second kappa shape index (κ2) is 6.44. The molecule has 1 amide bonds. The molecule has 122 valence electrons. The highest BCUT2D eigenvalue weighted by Crippen LogP contribution is 2.23. The summed E-state index contributed by atoms with van der Waals surface area (Å²) in [7, 11) is 0. The van der Waals surface area contributed by atoms with Gasteiger partial charge in [-0.3, -0.25) is 9.78 Å². The van der Waals surface area contributed by atoms with Crippen LogP contribution >= 0.6 is 0 Å². The van der Waals surface area contributed by atoms with Gasteiger partial charge < -0.3 is 5.32 Å². The molecule has 2 aromatic carbocycles. The smallest absolute Gasteiger partial charge is 0.228 e. The minimum atomic E-state index is -0.0125. The lowest BCUT2D eigenvalue weighted by Crippen LogP contribution is -2.16. The predicted octanol–water partition coefficient (Wildman–Crippen LogP) is 4.65. The molecule has 1 heterocycles. The zero-order chi connectivity index (χ0) is 17.3. The second-order valence-electron chi connectivity index (χ2n) is 6.34. The minimum Gasteiger partial charge on any atom is -0.326 e. The molecule has 0 saturated heterocycles. The zero-order valence-electron chi connectivity index (χ0n) is 14.6. The lowest BCUT2D eigenvalue weighted by molar-refractivity contribution is -0.115. The Morgan fingerprint density at radius 1 is 1.00 bits per heavy atom. The zero-order valence-corrected chi connectivity index (χ0v) is 14.6. The van der Waals surface area contributed by atoms with Gasteiger partial charge in [-0.25, -0.2) is 0 Å². The minimum absolute atomic E-state index is 0.0125. The van der Waals surface area contributed by atoms with Crippen LogP contribution in [0.3, 0.4) is 0 Å². The largest absolute Gasteiger partial charge is 0.326 e. The fourth-order valence-corrected chi connectivity index (χ4v) is 3.02. The van der Waals surface area contributed by atoms with Crippen LogP contribution in [0.5, 0.6) is 0 Å². The number of para-hydroxylation sites is 1. The van der Waals surface area contributed by atoms with Crippen molar-refractivity contribution >= 4 is 22.5 Å². The molecular weight excluding hydrogens is 296 g/mol. The third-order valence-corrected chi connectivity index (χ3v) is 4.61. The fourth-order valence-electron chi connectivity index (χ4n) is 3.02. The van der Waals surface area contributed by atoms with Crippen LogP contribution in [0.25, 0.3) is 10.9 Å². The van der Waals surface area contributed by atoms with Crippen LogP contribution in [-0.2, 0) is 11.2 Å². The molecule has 1 aromatic heterocycles. The van der Waals surface area contributed by atoms with Crippen LogP contribution < -0.4 is 5.32 Å². The number of carbonyl (C=O) groups is 1. The number of nitrogens with zero attached hydrogens (tertiary/aromatic N) is 1. The number of benzene rings is 2. The van der Waals surface area contributed by atoms with Crippen molar-refractivity contribution in [3.05, 3.63) is 70.4 Å². The van der Waals surface area contributed by atoms with E-state index in [4.69, 9.17) is 0 Å². The van der Waals surface area contributed by atoms with Gasteiger partial charge in [0, 0.05) is 16.8 Å². The van der Waals surface area contributed by atoms with Gasteiger partial charge >= 0.3 is 0 Å². The highest BCUT2D eigenvalue weighted by atomic mass is 16.1. The van der Waals surface area contributed by atoms with E-state index in [1.807, 2.05) is 50.2 Å². The first-order valence-electron chi connectivity index (χ1n) is 8.17. The Morgan fingerprint density at radius 2 is 1.75 bits per heavy atom. The molecule has 3 nitrogen and oxygen atoms in total. The molecule has 3 rings (SSSR count). The number of anilines is 1. The van der Waals surface area contributed by atoms with Gasteiger partial charge in [-0.05, 0) is 68.1 Å². The summed E-state index contributed by atoms with van der Waals surface area (Å²) in [5.41, 5.74) is 7.27. The Morgan fingerprint density at radius 3 is 2.50 bits per heavy atom. The Kier molecular flexibility index (Phi) is 4.34. The Bertz CT molecular complexity index is 929. The molecule has 0 atom stereocenters. The highest BCUT2D eigenvalue weighted by Gasteiger charge is 2.13. The Labute approximate surface area is 142 Å². The normalized spacial score (nSPS) is 10.8. The number of fused-ring (bicyclic) bond motifs is 1. The number of pyridine rings is 1. The van der Waals surface area contributed by atoms with E-state index >= 15 is 0 Å². The summed E-state index contributed by atoms with van der Waals surface area (Å²) < 4.78 is 0. The lowest BCUT2D eigenvalue weighted by Gasteiger charge is -2.13. The van der Waals surface area contributed by atoms with Crippen LogP contribution in [-0.4, -0.2) is 10.9 Å². The monoisotopic (exact) mass is 318 g/mol. The van der Waals surface area contributed by atoms with Crippen molar-refractivity contribution in [2.45, 2.75) is 34.1 Å². The van der Waals surface area contributed by atoms with Gasteiger partial charge in [0.15, 0.2) is 0 Å². The topological polar surface area (TPSA) is 42.0 Å². The lowest BCUT2D eigenvalue weighted by atomic mass is 9.99. The summed E-state index contributed by atoms with van der Waals surface area (Å²) in [6.45, 7) is 8.15. The summed E-state index contributed by atoms with van der Waals surface area (Å²) in [4.78, 5) is 17.1. The van der Waals surface area contributed by atoms with Crippen molar-refractivity contribution < 1.29 is 4.79 Å². The van der Waals surface area contributed by atoms with E-state index in [2.05, 4.69) is 30.2 Å². The van der Waals surface area contributed by atoms with Crippen LogP contribution in [0.4, 0.5) is 5.69 Å². The van der Waals surface area contributed by atoms with Crippen molar-refractivity contribution in [1.82, 2.24) is 4.98 Å². The third kappa shape index (κ3) is 3.16. The van der Waals surface area contributed by atoms with Crippen LogP contribution in [0.1, 0.15) is 27.9 Å². The van der Waals surface area contributed by atoms with E-state index < -0.39 is 0 Å².